The van der Waals surface area contributed by atoms with Crippen LogP contribution in [0, 0.1) is 11.8 Å². The minimum atomic E-state index is -4.95. The highest BCUT2D eigenvalue weighted by molar-refractivity contribution is 7.47. The van der Waals surface area contributed by atoms with Crippen molar-refractivity contribution in [1.29, 1.82) is 0 Å². The fourth-order valence-corrected chi connectivity index (χ4v) is 12.5. The SMILES string of the molecule is CCCCCCCCCCCCCCCCCCCC(=O)O[C@H](COC(=O)CCCCCCCCCCCCCCCC)COP(=O)(O)OC[C@@H](O)COP(=O)(O)OC[C@@H](COC(=O)CCCCCCCCCC(C)C)OC(=O)CCCCCCCCCC(C)C. The van der Waals surface area contributed by atoms with E-state index in [0.29, 0.717) is 37.5 Å². The number of phosphoric ester groups is 2. The van der Waals surface area contributed by atoms with E-state index in [9.17, 15) is 43.2 Å². The summed E-state index contributed by atoms with van der Waals surface area (Å²) in [5.74, 6) is -0.723. The van der Waals surface area contributed by atoms with E-state index in [1.165, 1.54) is 180 Å². The van der Waals surface area contributed by atoms with Crippen LogP contribution in [0.5, 0.6) is 0 Å². The van der Waals surface area contributed by atoms with Crippen molar-refractivity contribution >= 4 is 39.5 Å². The van der Waals surface area contributed by atoms with E-state index in [4.69, 9.17) is 37.0 Å². The molecule has 19 heteroatoms. The number of aliphatic hydroxyl groups excluding tert-OH is 1. The van der Waals surface area contributed by atoms with Gasteiger partial charge in [0.1, 0.15) is 19.3 Å². The van der Waals surface area contributed by atoms with Gasteiger partial charge >= 0.3 is 39.5 Å². The molecule has 0 rings (SSSR count). The number of rotatable bonds is 71. The first-order chi connectivity index (χ1) is 43.9. The van der Waals surface area contributed by atoms with Gasteiger partial charge in [-0.25, -0.2) is 9.13 Å². The smallest absolute Gasteiger partial charge is 0.462 e. The molecule has 0 aliphatic heterocycles. The van der Waals surface area contributed by atoms with E-state index in [-0.39, 0.29) is 25.7 Å². The van der Waals surface area contributed by atoms with Gasteiger partial charge in [-0.05, 0) is 37.5 Å². The summed E-state index contributed by atoms with van der Waals surface area (Å²) in [6.07, 6.45) is 50.1. The van der Waals surface area contributed by atoms with E-state index in [1.807, 2.05) is 0 Å². The fraction of sp³-hybridized carbons (Fsp3) is 0.944. The minimum Gasteiger partial charge on any atom is -0.462 e. The Labute approximate surface area is 556 Å². The third-order valence-corrected chi connectivity index (χ3v) is 18.6. The van der Waals surface area contributed by atoms with Crippen LogP contribution in [0.25, 0.3) is 0 Å². The molecule has 0 aromatic rings. The molecule has 0 saturated carbocycles. The lowest BCUT2D eigenvalue weighted by molar-refractivity contribution is -0.161. The molecule has 0 aliphatic rings. The summed E-state index contributed by atoms with van der Waals surface area (Å²) in [5, 5.41) is 10.6. The van der Waals surface area contributed by atoms with Gasteiger partial charge in [0.25, 0.3) is 0 Å². The van der Waals surface area contributed by atoms with Crippen molar-refractivity contribution in [3.05, 3.63) is 0 Å². The van der Waals surface area contributed by atoms with E-state index in [0.717, 1.165) is 96.3 Å². The molecule has 0 heterocycles. The number of unbranched alkanes of at least 4 members (excludes halogenated alkanes) is 41. The summed E-state index contributed by atoms with van der Waals surface area (Å²) in [6, 6.07) is 0. The molecule has 0 aromatic carbocycles. The highest BCUT2D eigenvalue weighted by Gasteiger charge is 2.30. The Kier molecular flexibility index (Phi) is 62.7. The first kappa shape index (κ1) is 89.1. The van der Waals surface area contributed by atoms with Crippen LogP contribution >= 0.6 is 15.6 Å². The van der Waals surface area contributed by atoms with Gasteiger partial charge in [0.2, 0.25) is 0 Å². The van der Waals surface area contributed by atoms with Gasteiger partial charge in [-0.3, -0.25) is 37.3 Å². The quantitative estimate of drug-likeness (QED) is 0.0222. The summed E-state index contributed by atoms with van der Waals surface area (Å²) in [5.41, 5.74) is 0. The average molecular weight is 1340 g/mol. The lowest BCUT2D eigenvalue weighted by atomic mass is 10.0. The first-order valence-electron chi connectivity index (χ1n) is 37.5. The maximum Gasteiger partial charge on any atom is 0.472 e. The van der Waals surface area contributed by atoms with E-state index >= 15 is 0 Å². The Bertz CT molecular complexity index is 1770. The number of phosphoric acid groups is 2. The van der Waals surface area contributed by atoms with Crippen LogP contribution in [0.2, 0.25) is 0 Å². The molecule has 540 valence electrons. The topological polar surface area (TPSA) is 237 Å². The Balaban J connectivity index is 5.23. The molecule has 3 N–H and O–H groups in total. The van der Waals surface area contributed by atoms with Crippen LogP contribution < -0.4 is 0 Å². The molecule has 2 unspecified atom stereocenters. The molecule has 5 atom stereocenters. The Morgan fingerprint density at radius 1 is 0.297 bits per heavy atom. The Morgan fingerprint density at radius 3 is 0.747 bits per heavy atom. The van der Waals surface area contributed by atoms with Crippen LogP contribution in [0.15, 0.2) is 0 Å². The lowest BCUT2D eigenvalue weighted by Gasteiger charge is -2.21. The normalized spacial score (nSPS) is 14.1. The first-order valence-corrected chi connectivity index (χ1v) is 40.5. The van der Waals surface area contributed by atoms with E-state index in [2.05, 4.69) is 41.5 Å². The predicted molar refractivity (Wildman–Crippen MR) is 368 cm³/mol. The molecule has 0 aliphatic carbocycles. The van der Waals surface area contributed by atoms with E-state index < -0.39 is 97.5 Å². The summed E-state index contributed by atoms with van der Waals surface area (Å²) >= 11 is 0. The van der Waals surface area contributed by atoms with Crippen LogP contribution in [0.1, 0.15) is 369 Å². The van der Waals surface area contributed by atoms with Gasteiger partial charge in [0.05, 0.1) is 26.4 Å². The molecule has 0 amide bonds. The van der Waals surface area contributed by atoms with Crippen molar-refractivity contribution < 1.29 is 80.2 Å². The van der Waals surface area contributed by atoms with Crippen molar-refractivity contribution in [2.24, 2.45) is 11.8 Å². The molecule has 17 nitrogen and oxygen atoms in total. The largest absolute Gasteiger partial charge is 0.472 e. The lowest BCUT2D eigenvalue weighted by Crippen LogP contribution is -2.30. The molecular formula is C72H140O17P2. The Hall–Kier alpha value is -1.94. The highest BCUT2D eigenvalue weighted by Crippen LogP contribution is 2.45. The van der Waals surface area contributed by atoms with Crippen LogP contribution in [0.3, 0.4) is 0 Å². The standard InChI is InChI=1S/C72H140O17P2/c1-7-9-11-13-15-17-19-21-23-24-25-27-29-31-37-44-50-56-71(76)88-67(60-82-69(74)54-48-42-36-30-28-26-22-20-18-16-14-12-10-8-2)62-86-90(78,79)84-58-66(73)59-85-91(80,81)87-63-68(89-72(77)57-51-45-39-33-35-41-47-53-65(5)6)61-83-70(75)55-49-43-38-32-34-40-46-52-64(3)4/h64-68,73H,7-63H2,1-6H3,(H,78,79)(H,80,81)/t66-,67-,68-/m1/s1. The zero-order valence-electron chi connectivity index (χ0n) is 59.1. The molecule has 0 spiro atoms. The number of aliphatic hydroxyl groups is 1. The second kappa shape index (κ2) is 64.1. The molecule has 91 heavy (non-hydrogen) atoms. The number of carbonyl (C=O) groups excluding carboxylic acids is 4. The highest BCUT2D eigenvalue weighted by atomic mass is 31.2. The number of hydrogen-bond donors (Lipinski definition) is 3. The van der Waals surface area contributed by atoms with Crippen molar-refractivity contribution in [1.82, 2.24) is 0 Å². The van der Waals surface area contributed by atoms with Crippen molar-refractivity contribution in [3.63, 3.8) is 0 Å². The third-order valence-electron chi connectivity index (χ3n) is 16.7. The van der Waals surface area contributed by atoms with Gasteiger partial charge in [0, 0.05) is 25.7 Å². The number of esters is 4. The van der Waals surface area contributed by atoms with Crippen molar-refractivity contribution in [2.45, 2.75) is 387 Å². The molecule has 0 aromatic heterocycles. The van der Waals surface area contributed by atoms with Gasteiger partial charge in [-0.15, -0.1) is 0 Å². The zero-order chi connectivity index (χ0) is 67.2. The monoisotopic (exact) mass is 1340 g/mol. The van der Waals surface area contributed by atoms with Crippen LogP contribution in [-0.2, 0) is 65.4 Å². The van der Waals surface area contributed by atoms with Gasteiger partial charge in [-0.2, -0.15) is 0 Å². The zero-order valence-corrected chi connectivity index (χ0v) is 60.9. The fourth-order valence-electron chi connectivity index (χ4n) is 10.9. The molecule has 0 radical (unpaired) electrons. The summed E-state index contributed by atoms with van der Waals surface area (Å²) in [4.78, 5) is 72.6. The molecule has 0 bridgehead atoms. The van der Waals surface area contributed by atoms with Crippen molar-refractivity contribution in [2.75, 3.05) is 39.6 Å². The number of carbonyl (C=O) groups is 4. The second-order valence-electron chi connectivity index (χ2n) is 26.9. The second-order valence-corrected chi connectivity index (χ2v) is 29.8. The number of hydrogen-bond acceptors (Lipinski definition) is 15. The van der Waals surface area contributed by atoms with Gasteiger partial charge < -0.3 is 33.8 Å². The maximum atomic E-state index is 13.0. The average Bonchev–Trinajstić information content (AvgIpc) is 3.73. The summed E-state index contributed by atoms with van der Waals surface area (Å²) in [6.45, 7) is 9.45. The Morgan fingerprint density at radius 2 is 0.505 bits per heavy atom. The van der Waals surface area contributed by atoms with Gasteiger partial charge in [0.15, 0.2) is 12.2 Å². The van der Waals surface area contributed by atoms with Crippen molar-refractivity contribution in [3.8, 4) is 0 Å². The van der Waals surface area contributed by atoms with Crippen LogP contribution in [0.4, 0.5) is 0 Å². The molecule has 0 fully saturated rings. The summed E-state index contributed by atoms with van der Waals surface area (Å²) < 4.78 is 68.3. The molecular weight excluding hydrogens is 1200 g/mol. The number of ether oxygens (including phenoxy) is 4. The third kappa shape index (κ3) is 66.5. The maximum absolute atomic E-state index is 13.0. The van der Waals surface area contributed by atoms with Gasteiger partial charge in [-0.1, -0.05) is 318 Å². The minimum absolute atomic E-state index is 0.103. The van der Waals surface area contributed by atoms with Crippen LogP contribution in [-0.4, -0.2) is 96.7 Å². The predicted octanol–water partition coefficient (Wildman–Crippen LogP) is 20.8. The molecule has 0 saturated heterocycles. The summed E-state index contributed by atoms with van der Waals surface area (Å²) in [7, 11) is -9.90. The van der Waals surface area contributed by atoms with E-state index in [1.54, 1.807) is 0 Å².